The van der Waals surface area contributed by atoms with Gasteiger partial charge in [-0.1, -0.05) is 6.07 Å². The first-order valence-electron chi connectivity index (χ1n) is 9.32. The van der Waals surface area contributed by atoms with E-state index in [1.165, 1.54) is 31.2 Å². The van der Waals surface area contributed by atoms with E-state index < -0.39 is 35.2 Å². The third-order valence-electron chi connectivity index (χ3n) is 5.04. The second-order valence-corrected chi connectivity index (χ2v) is 8.06. The number of aliphatic hydroxyl groups is 1. The number of benzene rings is 2. The summed E-state index contributed by atoms with van der Waals surface area (Å²) in [6, 6.07) is 7.58. The lowest BCUT2D eigenvalue weighted by atomic mass is 9.97. The van der Waals surface area contributed by atoms with E-state index in [0.717, 1.165) is 17.0 Å². The van der Waals surface area contributed by atoms with Gasteiger partial charge in [-0.25, -0.2) is 4.39 Å². The van der Waals surface area contributed by atoms with Gasteiger partial charge in [-0.3, -0.25) is 9.59 Å². The zero-order valence-electron chi connectivity index (χ0n) is 16.1. The third-order valence-corrected chi connectivity index (χ3v) is 5.64. The number of halogens is 4. The van der Waals surface area contributed by atoms with Crippen LogP contribution in [0.3, 0.4) is 0 Å². The van der Waals surface area contributed by atoms with Crippen LogP contribution in [0, 0.1) is 12.7 Å². The van der Waals surface area contributed by atoms with Crippen molar-refractivity contribution in [2.24, 2.45) is 0 Å². The van der Waals surface area contributed by atoms with Crippen molar-refractivity contribution >= 4 is 33.4 Å². The number of aliphatic hydroxyl groups excluding tert-OH is 1. The Morgan fingerprint density at radius 1 is 1.17 bits per heavy atom. The quantitative estimate of drug-likeness (QED) is 0.682. The van der Waals surface area contributed by atoms with Gasteiger partial charge in [0.15, 0.2) is 0 Å². The number of carbonyl (C=O) groups is 2. The van der Waals surface area contributed by atoms with Crippen molar-refractivity contribution in [1.29, 1.82) is 0 Å². The van der Waals surface area contributed by atoms with Gasteiger partial charge in [0.1, 0.15) is 5.82 Å². The Kier molecular flexibility index (Phi) is 6.52. The van der Waals surface area contributed by atoms with Crippen LogP contribution in [0.2, 0.25) is 0 Å². The first kappa shape index (κ1) is 22.3. The van der Waals surface area contributed by atoms with Crippen LogP contribution in [0.4, 0.5) is 18.9 Å². The van der Waals surface area contributed by atoms with Crippen molar-refractivity contribution in [2.75, 3.05) is 18.4 Å². The molecular formula is C21H20BrF3N2O3. The van der Waals surface area contributed by atoms with Crippen molar-refractivity contribution in [2.45, 2.75) is 31.8 Å². The van der Waals surface area contributed by atoms with E-state index in [9.17, 15) is 19.1 Å². The van der Waals surface area contributed by atoms with Crippen LogP contribution < -0.4 is 5.32 Å². The van der Waals surface area contributed by atoms with Gasteiger partial charge in [0.2, 0.25) is 0 Å². The normalized spacial score (nSPS) is 15.2. The maximum atomic E-state index is 15.0. The number of alkyl halides is 2. The summed E-state index contributed by atoms with van der Waals surface area (Å²) in [4.78, 5) is 26.0. The zero-order chi connectivity index (χ0) is 22.1. The number of anilines is 1. The number of carbonyl (C=O) groups excluding carboxylic acids is 2. The summed E-state index contributed by atoms with van der Waals surface area (Å²) in [5.41, 5.74) is -0.152. The molecule has 2 aromatic rings. The zero-order valence-corrected chi connectivity index (χ0v) is 17.7. The monoisotopic (exact) mass is 484 g/mol. The van der Waals surface area contributed by atoms with Gasteiger partial charge >= 0.3 is 5.92 Å². The summed E-state index contributed by atoms with van der Waals surface area (Å²) in [5.74, 6) is -6.34. The van der Waals surface area contributed by atoms with Gasteiger partial charge < -0.3 is 15.3 Å². The molecule has 0 radical (unpaired) electrons. The lowest BCUT2D eigenvalue weighted by Crippen LogP contribution is -2.47. The van der Waals surface area contributed by atoms with Crippen LogP contribution in [-0.2, 0) is 10.7 Å². The fourth-order valence-electron chi connectivity index (χ4n) is 3.26. The predicted octanol–water partition coefficient (Wildman–Crippen LogP) is 4.22. The number of rotatable bonds is 4. The minimum atomic E-state index is -3.82. The highest BCUT2D eigenvalue weighted by atomic mass is 79.9. The Morgan fingerprint density at radius 3 is 2.47 bits per heavy atom. The largest absolute Gasteiger partial charge is 0.393 e. The maximum Gasteiger partial charge on any atom is 0.350 e. The highest BCUT2D eigenvalue weighted by molar-refractivity contribution is 9.10. The molecule has 0 atom stereocenters. The number of amides is 2. The van der Waals surface area contributed by atoms with Crippen LogP contribution in [0.5, 0.6) is 0 Å². The van der Waals surface area contributed by atoms with Crippen LogP contribution >= 0.6 is 15.9 Å². The Bertz CT molecular complexity index is 976. The molecule has 2 N–H and O–H groups in total. The van der Waals surface area contributed by atoms with E-state index in [2.05, 4.69) is 21.2 Å². The van der Waals surface area contributed by atoms with E-state index in [1.807, 2.05) is 0 Å². The minimum Gasteiger partial charge on any atom is -0.393 e. The molecule has 0 saturated carbocycles. The molecule has 1 aliphatic heterocycles. The number of piperidine rings is 1. The van der Waals surface area contributed by atoms with Gasteiger partial charge in [0.25, 0.3) is 11.8 Å². The van der Waals surface area contributed by atoms with Crippen molar-refractivity contribution in [1.82, 2.24) is 4.90 Å². The SMILES string of the molecule is Cc1ccc(C(=O)Nc2ccc(F)c(Br)c2)cc1C(F)(F)C(=O)N1CCC(O)CC1. The second-order valence-electron chi connectivity index (χ2n) is 7.21. The Balaban J connectivity index is 1.83. The Morgan fingerprint density at radius 2 is 1.83 bits per heavy atom. The Hall–Kier alpha value is -2.39. The molecule has 0 unspecified atom stereocenters. The molecule has 160 valence electrons. The summed E-state index contributed by atoms with van der Waals surface area (Å²) in [7, 11) is 0. The van der Waals surface area contributed by atoms with E-state index >= 15 is 8.78 Å². The van der Waals surface area contributed by atoms with Gasteiger partial charge in [0.05, 0.1) is 10.6 Å². The van der Waals surface area contributed by atoms with Gasteiger partial charge in [-0.05, 0) is 71.6 Å². The molecule has 3 rings (SSSR count). The first-order valence-corrected chi connectivity index (χ1v) is 10.1. The molecule has 2 amide bonds. The Labute approximate surface area is 180 Å². The average Bonchev–Trinajstić information content (AvgIpc) is 2.71. The number of nitrogens with zero attached hydrogens (tertiary/aromatic N) is 1. The minimum absolute atomic E-state index is 0.0499. The molecule has 1 aliphatic rings. The predicted molar refractivity (Wildman–Crippen MR) is 109 cm³/mol. The number of aryl methyl sites for hydroxylation is 1. The fraction of sp³-hybridized carbons (Fsp3) is 0.333. The smallest absolute Gasteiger partial charge is 0.350 e. The van der Waals surface area contributed by atoms with Crippen molar-refractivity contribution < 1.29 is 27.9 Å². The van der Waals surface area contributed by atoms with Crippen molar-refractivity contribution in [3.63, 3.8) is 0 Å². The number of nitrogens with one attached hydrogen (secondary N) is 1. The molecule has 5 nitrogen and oxygen atoms in total. The fourth-order valence-corrected chi connectivity index (χ4v) is 3.64. The summed E-state index contributed by atoms with van der Waals surface area (Å²) in [6.07, 6.45) is -0.101. The molecule has 1 heterocycles. The summed E-state index contributed by atoms with van der Waals surface area (Å²) in [6.45, 7) is 1.54. The number of hydrogen-bond donors (Lipinski definition) is 2. The van der Waals surface area contributed by atoms with E-state index in [4.69, 9.17) is 0 Å². The standard InChI is InChI=1S/C21H20BrF3N2O3/c1-12-2-3-13(19(29)26-14-4-5-18(23)17(22)11-14)10-16(12)21(24,25)20(30)27-8-6-15(28)7-9-27/h2-5,10-11,15,28H,6-9H2,1H3,(H,26,29). The van der Waals surface area contributed by atoms with Crippen LogP contribution in [-0.4, -0.2) is 41.0 Å². The lowest BCUT2D eigenvalue weighted by molar-refractivity contribution is -0.161. The van der Waals surface area contributed by atoms with Crippen LogP contribution in [0.15, 0.2) is 40.9 Å². The van der Waals surface area contributed by atoms with E-state index in [1.54, 1.807) is 0 Å². The lowest BCUT2D eigenvalue weighted by Gasteiger charge is -2.32. The van der Waals surface area contributed by atoms with Crippen LogP contribution in [0.1, 0.15) is 34.3 Å². The van der Waals surface area contributed by atoms with Gasteiger partial charge in [-0.15, -0.1) is 0 Å². The second kappa shape index (κ2) is 8.77. The molecule has 30 heavy (non-hydrogen) atoms. The van der Waals surface area contributed by atoms with Gasteiger partial charge in [0, 0.05) is 29.9 Å². The first-order chi connectivity index (χ1) is 14.1. The maximum absolute atomic E-state index is 15.0. The average molecular weight is 485 g/mol. The van der Waals surface area contributed by atoms with Gasteiger partial charge in [-0.2, -0.15) is 8.78 Å². The molecule has 1 fully saturated rings. The third kappa shape index (κ3) is 4.67. The molecule has 0 aliphatic carbocycles. The number of hydrogen-bond acceptors (Lipinski definition) is 3. The summed E-state index contributed by atoms with van der Waals surface area (Å²) >= 11 is 3.01. The number of likely N-dealkylation sites (tertiary alicyclic amines) is 1. The topological polar surface area (TPSA) is 69.6 Å². The van der Waals surface area contributed by atoms with E-state index in [-0.39, 0.29) is 47.2 Å². The highest BCUT2D eigenvalue weighted by Gasteiger charge is 2.45. The molecular weight excluding hydrogens is 465 g/mol. The van der Waals surface area contributed by atoms with Crippen molar-refractivity contribution in [3.8, 4) is 0 Å². The summed E-state index contributed by atoms with van der Waals surface area (Å²) in [5, 5.41) is 12.0. The van der Waals surface area contributed by atoms with E-state index in [0.29, 0.717) is 0 Å². The molecule has 9 heteroatoms. The molecule has 1 saturated heterocycles. The summed E-state index contributed by atoms with van der Waals surface area (Å²) < 4.78 is 43.5. The highest BCUT2D eigenvalue weighted by Crippen LogP contribution is 2.34. The molecule has 0 aromatic heterocycles. The molecule has 0 bridgehead atoms. The molecule has 2 aromatic carbocycles. The van der Waals surface area contributed by atoms with Crippen LogP contribution in [0.25, 0.3) is 0 Å². The molecule has 0 spiro atoms. The van der Waals surface area contributed by atoms with Crippen molar-refractivity contribution in [3.05, 3.63) is 63.4 Å².